The number of benzene rings is 1. The highest BCUT2D eigenvalue weighted by Gasteiger charge is 2.31. The Kier molecular flexibility index (Phi) is 4.72. The van der Waals surface area contributed by atoms with Crippen LogP contribution < -0.4 is 10.6 Å². The molecule has 0 atom stereocenters. The summed E-state index contributed by atoms with van der Waals surface area (Å²) in [5, 5.41) is 7.20. The number of rotatable bonds is 4. The fourth-order valence-electron chi connectivity index (χ4n) is 2.39. The molecule has 0 saturated carbocycles. The smallest absolute Gasteiger partial charge is 0.388 e. The van der Waals surface area contributed by atoms with Gasteiger partial charge in [-0.3, -0.25) is 10.3 Å². The molecule has 0 radical (unpaired) electrons. The summed E-state index contributed by atoms with van der Waals surface area (Å²) in [6.45, 7) is 3.62. The Morgan fingerprint density at radius 2 is 1.86 bits per heavy atom. The number of amidine groups is 1. The Bertz CT molecular complexity index is 493. The summed E-state index contributed by atoms with van der Waals surface area (Å²) in [5.74, 6) is 0.162. The molecule has 21 heavy (non-hydrogen) atoms. The molecule has 1 aromatic rings. The topological polar surface area (TPSA) is 56.4 Å². The van der Waals surface area contributed by atoms with Gasteiger partial charge in [-0.15, -0.1) is 0 Å². The molecule has 0 amide bonds. The zero-order chi connectivity index (χ0) is 15.5. The lowest BCUT2D eigenvalue weighted by Crippen LogP contribution is -2.47. The lowest BCUT2D eigenvalue weighted by Gasteiger charge is -2.36. The van der Waals surface area contributed by atoms with E-state index in [0.29, 0.717) is 25.2 Å². The highest BCUT2D eigenvalue weighted by atomic mass is 19.4. The Hall–Kier alpha value is -1.76. The second-order valence-electron chi connectivity index (χ2n) is 5.15. The van der Waals surface area contributed by atoms with Crippen molar-refractivity contribution in [2.24, 2.45) is 5.73 Å². The first-order valence-corrected chi connectivity index (χ1v) is 6.84. The average Bonchev–Trinajstić information content (AvgIpc) is 2.45. The van der Waals surface area contributed by atoms with Crippen LogP contribution in [0.1, 0.15) is 12.0 Å². The van der Waals surface area contributed by atoms with Gasteiger partial charge in [-0.05, 0) is 18.2 Å². The number of hydrogen-bond acceptors (Lipinski definition) is 3. The van der Waals surface area contributed by atoms with Gasteiger partial charge in [0.2, 0.25) is 0 Å². The van der Waals surface area contributed by atoms with E-state index in [2.05, 4.69) is 4.90 Å². The third-order valence-electron chi connectivity index (χ3n) is 3.61. The fourth-order valence-corrected chi connectivity index (χ4v) is 2.39. The lowest BCUT2D eigenvalue weighted by atomic mass is 10.1. The maximum absolute atomic E-state index is 12.7. The Morgan fingerprint density at radius 3 is 2.43 bits per heavy atom. The van der Waals surface area contributed by atoms with Gasteiger partial charge < -0.3 is 10.6 Å². The number of hydrogen-bond donors (Lipinski definition) is 2. The van der Waals surface area contributed by atoms with Crippen LogP contribution in [-0.4, -0.2) is 43.5 Å². The summed E-state index contributed by atoms with van der Waals surface area (Å²) in [7, 11) is 0. The van der Waals surface area contributed by atoms with Gasteiger partial charge in [0.05, 0.1) is 11.4 Å². The summed E-state index contributed by atoms with van der Waals surface area (Å²) < 4.78 is 38.1. The molecule has 0 unspecified atom stereocenters. The maximum atomic E-state index is 12.7. The normalized spacial score (nSPS) is 17.0. The molecule has 4 nitrogen and oxygen atoms in total. The van der Waals surface area contributed by atoms with Gasteiger partial charge in [-0.25, -0.2) is 0 Å². The molecule has 0 bridgehead atoms. The van der Waals surface area contributed by atoms with Crippen molar-refractivity contribution in [3.05, 3.63) is 29.8 Å². The minimum Gasteiger partial charge on any atom is -0.388 e. The van der Waals surface area contributed by atoms with E-state index in [1.807, 2.05) is 4.90 Å². The summed E-state index contributed by atoms with van der Waals surface area (Å²) >= 11 is 0. The molecule has 1 aromatic carbocycles. The van der Waals surface area contributed by atoms with Crippen LogP contribution in [0.25, 0.3) is 0 Å². The highest BCUT2D eigenvalue weighted by molar-refractivity contribution is 5.76. The quantitative estimate of drug-likeness (QED) is 0.662. The predicted octanol–water partition coefficient (Wildman–Crippen LogP) is 2.15. The highest BCUT2D eigenvalue weighted by Crippen LogP contribution is 2.31. The van der Waals surface area contributed by atoms with E-state index in [9.17, 15) is 13.2 Å². The Balaban J connectivity index is 1.95. The van der Waals surface area contributed by atoms with Crippen molar-refractivity contribution in [3.8, 4) is 0 Å². The van der Waals surface area contributed by atoms with Crippen molar-refractivity contribution in [1.82, 2.24) is 4.90 Å². The van der Waals surface area contributed by atoms with Crippen LogP contribution in [0.2, 0.25) is 0 Å². The van der Waals surface area contributed by atoms with Crippen molar-refractivity contribution in [2.75, 3.05) is 37.6 Å². The van der Waals surface area contributed by atoms with Crippen LogP contribution in [0.4, 0.5) is 18.9 Å². The fraction of sp³-hybridized carbons (Fsp3) is 0.500. The molecular weight excluding hydrogens is 281 g/mol. The number of nitrogens with zero attached hydrogens (tertiary/aromatic N) is 2. The molecule has 1 heterocycles. The predicted molar refractivity (Wildman–Crippen MR) is 76.6 cm³/mol. The number of nitrogens with two attached hydrogens (primary N) is 1. The van der Waals surface area contributed by atoms with Gasteiger partial charge in [-0.2, -0.15) is 13.2 Å². The van der Waals surface area contributed by atoms with E-state index in [1.165, 1.54) is 12.1 Å². The van der Waals surface area contributed by atoms with Gasteiger partial charge in [0, 0.05) is 44.8 Å². The van der Waals surface area contributed by atoms with Crippen molar-refractivity contribution in [1.29, 1.82) is 5.41 Å². The first-order valence-electron chi connectivity index (χ1n) is 6.84. The van der Waals surface area contributed by atoms with Gasteiger partial charge in [0.15, 0.2) is 0 Å². The Morgan fingerprint density at radius 1 is 1.19 bits per heavy atom. The SMILES string of the molecule is N=C(N)CCN1CCN(c2cccc(C(F)(F)F)c2)CC1. The van der Waals surface area contributed by atoms with Crippen molar-refractivity contribution >= 4 is 11.5 Å². The number of halogens is 3. The largest absolute Gasteiger partial charge is 0.416 e. The second kappa shape index (κ2) is 6.34. The summed E-state index contributed by atoms with van der Waals surface area (Å²) in [4.78, 5) is 4.13. The monoisotopic (exact) mass is 300 g/mol. The molecule has 116 valence electrons. The van der Waals surface area contributed by atoms with Crippen LogP contribution in [0.3, 0.4) is 0 Å². The van der Waals surface area contributed by atoms with Crippen LogP contribution >= 0.6 is 0 Å². The maximum Gasteiger partial charge on any atom is 0.416 e. The van der Waals surface area contributed by atoms with E-state index in [4.69, 9.17) is 11.1 Å². The van der Waals surface area contributed by atoms with Crippen LogP contribution in [-0.2, 0) is 6.18 Å². The molecule has 0 aliphatic carbocycles. The molecule has 0 spiro atoms. The average molecular weight is 300 g/mol. The van der Waals surface area contributed by atoms with Crippen molar-refractivity contribution < 1.29 is 13.2 Å². The number of nitrogens with one attached hydrogen (secondary N) is 1. The van der Waals surface area contributed by atoms with E-state index in [1.54, 1.807) is 6.07 Å². The second-order valence-corrected chi connectivity index (χ2v) is 5.15. The first kappa shape index (κ1) is 15.6. The summed E-state index contributed by atoms with van der Waals surface area (Å²) in [6, 6.07) is 5.44. The van der Waals surface area contributed by atoms with E-state index >= 15 is 0 Å². The molecule has 1 aliphatic heterocycles. The number of alkyl halides is 3. The zero-order valence-electron chi connectivity index (χ0n) is 11.7. The number of anilines is 1. The van der Waals surface area contributed by atoms with Crippen LogP contribution in [0.5, 0.6) is 0 Å². The van der Waals surface area contributed by atoms with E-state index in [-0.39, 0.29) is 5.84 Å². The van der Waals surface area contributed by atoms with E-state index < -0.39 is 11.7 Å². The van der Waals surface area contributed by atoms with Crippen LogP contribution in [0, 0.1) is 5.41 Å². The zero-order valence-corrected chi connectivity index (χ0v) is 11.7. The molecule has 1 saturated heterocycles. The minimum atomic E-state index is -4.31. The molecule has 2 rings (SSSR count). The van der Waals surface area contributed by atoms with Gasteiger partial charge in [-0.1, -0.05) is 6.07 Å². The molecule has 0 aromatic heterocycles. The molecular formula is C14H19F3N4. The van der Waals surface area contributed by atoms with Gasteiger partial charge in [0.25, 0.3) is 0 Å². The molecule has 7 heteroatoms. The van der Waals surface area contributed by atoms with Gasteiger partial charge in [0.1, 0.15) is 0 Å². The van der Waals surface area contributed by atoms with Gasteiger partial charge >= 0.3 is 6.18 Å². The minimum absolute atomic E-state index is 0.162. The van der Waals surface area contributed by atoms with Crippen molar-refractivity contribution in [3.63, 3.8) is 0 Å². The van der Waals surface area contributed by atoms with Crippen molar-refractivity contribution in [2.45, 2.75) is 12.6 Å². The Labute approximate surface area is 121 Å². The lowest BCUT2D eigenvalue weighted by molar-refractivity contribution is -0.137. The van der Waals surface area contributed by atoms with E-state index in [0.717, 1.165) is 25.7 Å². The first-order chi connectivity index (χ1) is 9.86. The standard InChI is InChI=1S/C14H19F3N4/c15-14(16,17)11-2-1-3-12(10-11)21-8-6-20(7-9-21)5-4-13(18)19/h1-3,10H,4-9H2,(H3,18,19). The third kappa shape index (κ3) is 4.35. The molecule has 3 N–H and O–H groups in total. The molecule has 1 aliphatic rings. The summed E-state index contributed by atoms with van der Waals surface area (Å²) in [5.41, 5.74) is 5.32. The molecule has 1 fully saturated rings. The summed E-state index contributed by atoms with van der Waals surface area (Å²) in [6.07, 6.45) is -3.77. The van der Waals surface area contributed by atoms with Crippen LogP contribution in [0.15, 0.2) is 24.3 Å². The third-order valence-corrected chi connectivity index (χ3v) is 3.61. The number of piperazine rings is 1.